The van der Waals surface area contributed by atoms with Crippen LogP contribution in [0, 0.1) is 20.8 Å². The Kier molecular flexibility index (Phi) is 4.47. The number of hydrogen-bond acceptors (Lipinski definition) is 0. The van der Waals surface area contributed by atoms with Gasteiger partial charge in [-0.3, -0.25) is 0 Å². The quantitative estimate of drug-likeness (QED) is 0.636. The van der Waals surface area contributed by atoms with E-state index in [4.69, 9.17) is 0 Å². The molecular weight excluding hydrogens is 331 g/mol. The molecule has 3 rings (SSSR count). The second kappa shape index (κ2) is 6.52. The summed E-state index contributed by atoms with van der Waals surface area (Å²) >= 11 is -1.25. The van der Waals surface area contributed by atoms with Gasteiger partial charge in [0.15, 0.2) is 0 Å². The third-order valence-electron chi connectivity index (χ3n) is 3.94. The summed E-state index contributed by atoms with van der Waals surface area (Å²) < 4.78 is 4.56. The molecule has 110 valence electrons. The van der Waals surface area contributed by atoms with Gasteiger partial charge in [-0.2, -0.15) is 0 Å². The first kappa shape index (κ1) is 15.1. The molecule has 0 aliphatic rings. The number of hydrogen-bond donors (Lipinski definition) is 0. The van der Waals surface area contributed by atoms with E-state index in [9.17, 15) is 0 Å². The summed E-state index contributed by atoms with van der Waals surface area (Å²) in [6.07, 6.45) is 0. The number of rotatable bonds is 3. The molecule has 3 aromatic rings. The van der Waals surface area contributed by atoms with Crippen molar-refractivity contribution < 1.29 is 0 Å². The monoisotopic (exact) mass is 353 g/mol. The van der Waals surface area contributed by atoms with Crippen LogP contribution in [0.4, 0.5) is 0 Å². The predicted molar refractivity (Wildman–Crippen MR) is 98.2 cm³/mol. The molecule has 3 aromatic carbocycles. The standard InChI is InChI=1S/C21H21Se/c1-16-10-4-7-13-19(16)22(20-14-8-5-11-17(20)2)21-15-9-6-12-18(21)3/h4-15H,1-3H3/q+1. The number of benzene rings is 3. The Hall–Kier alpha value is -1.82. The fourth-order valence-corrected chi connectivity index (χ4v) is 8.01. The van der Waals surface area contributed by atoms with Crippen molar-refractivity contribution >= 4 is 27.3 Å². The van der Waals surface area contributed by atoms with Crippen LogP contribution in [-0.4, -0.2) is 13.9 Å². The van der Waals surface area contributed by atoms with E-state index in [1.54, 1.807) is 0 Å². The summed E-state index contributed by atoms with van der Waals surface area (Å²) in [6, 6.07) is 26.6. The van der Waals surface area contributed by atoms with Gasteiger partial charge in [0.25, 0.3) is 0 Å². The van der Waals surface area contributed by atoms with Gasteiger partial charge in [0, 0.05) is 0 Å². The van der Waals surface area contributed by atoms with E-state index >= 15 is 0 Å². The van der Waals surface area contributed by atoms with Crippen LogP contribution in [0.1, 0.15) is 16.7 Å². The van der Waals surface area contributed by atoms with Crippen LogP contribution in [0.5, 0.6) is 0 Å². The molecule has 0 saturated heterocycles. The Morgan fingerprint density at radius 2 is 0.727 bits per heavy atom. The van der Waals surface area contributed by atoms with Crippen LogP contribution in [-0.2, 0) is 0 Å². The van der Waals surface area contributed by atoms with Gasteiger partial charge in [-0.1, -0.05) is 0 Å². The molecule has 22 heavy (non-hydrogen) atoms. The normalized spacial score (nSPS) is 10.9. The van der Waals surface area contributed by atoms with Gasteiger partial charge < -0.3 is 0 Å². The molecule has 0 fully saturated rings. The second-order valence-electron chi connectivity index (χ2n) is 5.60. The van der Waals surface area contributed by atoms with Crippen molar-refractivity contribution in [3.8, 4) is 0 Å². The molecule has 1 heteroatoms. The van der Waals surface area contributed by atoms with Crippen molar-refractivity contribution in [2.75, 3.05) is 0 Å². The van der Waals surface area contributed by atoms with E-state index in [1.165, 1.54) is 30.1 Å². The van der Waals surface area contributed by atoms with Gasteiger partial charge in [0.05, 0.1) is 0 Å². The fourth-order valence-electron chi connectivity index (χ4n) is 2.71. The van der Waals surface area contributed by atoms with E-state index < -0.39 is 13.9 Å². The minimum absolute atomic E-state index is 1.25. The third kappa shape index (κ3) is 2.88. The summed E-state index contributed by atoms with van der Waals surface area (Å²) in [7, 11) is 0. The maximum absolute atomic E-state index is 2.32. The van der Waals surface area contributed by atoms with E-state index in [0.29, 0.717) is 0 Å². The molecular formula is C21H21Se+. The Balaban J connectivity index is 2.27. The summed E-state index contributed by atoms with van der Waals surface area (Å²) in [6.45, 7) is 6.72. The predicted octanol–water partition coefficient (Wildman–Crippen LogP) is 3.13. The maximum atomic E-state index is 2.32. The SMILES string of the molecule is Cc1ccccc1[Se+](c1ccccc1C)c1ccccc1C. The molecule has 0 atom stereocenters. The zero-order valence-electron chi connectivity index (χ0n) is 13.3. The molecule has 0 aliphatic carbocycles. The topological polar surface area (TPSA) is 0 Å². The molecule has 0 N–H and O–H groups in total. The van der Waals surface area contributed by atoms with Crippen LogP contribution < -0.4 is 13.4 Å². The van der Waals surface area contributed by atoms with E-state index in [0.717, 1.165) is 0 Å². The molecule has 0 bridgehead atoms. The first-order valence-electron chi connectivity index (χ1n) is 7.59. The van der Waals surface area contributed by atoms with Crippen molar-refractivity contribution in [1.82, 2.24) is 0 Å². The van der Waals surface area contributed by atoms with Gasteiger partial charge in [-0.15, -0.1) is 0 Å². The van der Waals surface area contributed by atoms with Crippen molar-refractivity contribution in [1.29, 1.82) is 0 Å². The third-order valence-corrected chi connectivity index (χ3v) is 9.59. The van der Waals surface area contributed by atoms with Crippen LogP contribution in [0.25, 0.3) is 0 Å². The zero-order chi connectivity index (χ0) is 15.5. The summed E-state index contributed by atoms with van der Waals surface area (Å²) in [5, 5.41) is 0. The Labute approximate surface area is 137 Å². The molecule has 0 radical (unpaired) electrons. The Bertz CT molecular complexity index is 681. The minimum atomic E-state index is -1.25. The average molecular weight is 352 g/mol. The van der Waals surface area contributed by atoms with E-state index in [2.05, 4.69) is 93.6 Å². The van der Waals surface area contributed by atoms with Gasteiger partial charge >= 0.3 is 138 Å². The van der Waals surface area contributed by atoms with Gasteiger partial charge in [-0.25, -0.2) is 0 Å². The van der Waals surface area contributed by atoms with Crippen molar-refractivity contribution in [3.63, 3.8) is 0 Å². The van der Waals surface area contributed by atoms with Gasteiger partial charge in [0.1, 0.15) is 0 Å². The number of aryl methyl sites for hydroxylation is 3. The van der Waals surface area contributed by atoms with E-state index in [1.807, 2.05) is 0 Å². The van der Waals surface area contributed by atoms with Crippen molar-refractivity contribution in [2.24, 2.45) is 0 Å². The summed E-state index contributed by atoms with van der Waals surface area (Å²) in [4.78, 5) is 0. The van der Waals surface area contributed by atoms with Crippen LogP contribution >= 0.6 is 0 Å². The fraction of sp³-hybridized carbons (Fsp3) is 0.143. The van der Waals surface area contributed by atoms with Gasteiger partial charge in [-0.05, 0) is 0 Å². The molecule has 0 nitrogen and oxygen atoms in total. The van der Waals surface area contributed by atoms with Crippen LogP contribution in [0.15, 0.2) is 72.8 Å². The van der Waals surface area contributed by atoms with E-state index in [-0.39, 0.29) is 0 Å². The Morgan fingerprint density at radius 1 is 0.455 bits per heavy atom. The van der Waals surface area contributed by atoms with Crippen molar-refractivity contribution in [3.05, 3.63) is 89.5 Å². The summed E-state index contributed by atoms with van der Waals surface area (Å²) in [5.41, 5.74) is 4.21. The molecule has 0 unspecified atom stereocenters. The second-order valence-corrected chi connectivity index (χ2v) is 9.66. The average Bonchev–Trinajstić information content (AvgIpc) is 2.53. The molecule has 0 saturated carbocycles. The first-order valence-corrected chi connectivity index (χ1v) is 10.2. The van der Waals surface area contributed by atoms with Crippen molar-refractivity contribution in [2.45, 2.75) is 20.8 Å². The molecule has 0 aromatic heterocycles. The molecule has 0 spiro atoms. The van der Waals surface area contributed by atoms with Crippen LogP contribution in [0.3, 0.4) is 0 Å². The first-order chi connectivity index (χ1) is 10.7. The summed E-state index contributed by atoms with van der Waals surface area (Å²) in [5.74, 6) is 0. The van der Waals surface area contributed by atoms with Gasteiger partial charge in [0.2, 0.25) is 0 Å². The zero-order valence-corrected chi connectivity index (χ0v) is 15.0. The van der Waals surface area contributed by atoms with Crippen LogP contribution in [0.2, 0.25) is 0 Å². The molecule has 0 heterocycles. The Morgan fingerprint density at radius 3 is 1.00 bits per heavy atom. The molecule has 0 aliphatic heterocycles. The molecule has 0 amide bonds.